The lowest BCUT2D eigenvalue weighted by Crippen LogP contribution is -2.41. The highest BCUT2D eigenvalue weighted by Crippen LogP contribution is 2.37. The van der Waals surface area contributed by atoms with Gasteiger partial charge < -0.3 is 25.8 Å². The molecule has 4 N–H and O–H groups in total. The van der Waals surface area contributed by atoms with Crippen molar-refractivity contribution in [2.75, 3.05) is 31.8 Å². The summed E-state index contributed by atoms with van der Waals surface area (Å²) in [6, 6.07) is 7.24. The number of hydrogen-bond acceptors (Lipinski definition) is 9. The molecule has 0 bridgehead atoms. The first-order valence-electron chi connectivity index (χ1n) is 11.4. The molecule has 1 atom stereocenters. The fourth-order valence-electron chi connectivity index (χ4n) is 3.71. The van der Waals surface area contributed by atoms with Gasteiger partial charge in [0.2, 0.25) is 17.7 Å². The van der Waals surface area contributed by atoms with E-state index < -0.39 is 45.2 Å². The van der Waals surface area contributed by atoms with Crippen LogP contribution in [0.5, 0.6) is 5.75 Å². The summed E-state index contributed by atoms with van der Waals surface area (Å²) in [6.45, 7) is -1.09. The number of amides is 3. The van der Waals surface area contributed by atoms with Crippen LogP contribution in [0.4, 0.5) is 10.1 Å². The number of rotatable bonds is 10. The molecule has 1 heterocycles. The van der Waals surface area contributed by atoms with Crippen LogP contribution in [0, 0.1) is 5.82 Å². The molecule has 1 aliphatic rings. The van der Waals surface area contributed by atoms with Gasteiger partial charge >= 0.3 is 0 Å². The highest BCUT2D eigenvalue weighted by molar-refractivity contribution is 7.91. The highest BCUT2D eigenvalue weighted by Gasteiger charge is 2.34. The maximum absolute atomic E-state index is 15.1. The fourth-order valence-corrected chi connectivity index (χ4v) is 6.24. The van der Waals surface area contributed by atoms with Gasteiger partial charge in [0.15, 0.2) is 15.1 Å². The van der Waals surface area contributed by atoms with Gasteiger partial charge in [-0.25, -0.2) is 17.8 Å². The zero-order chi connectivity index (χ0) is 27.6. The van der Waals surface area contributed by atoms with Crippen molar-refractivity contribution in [3.8, 4) is 16.9 Å². The molecule has 11 nitrogen and oxygen atoms in total. The number of carbonyl (C=O) groups excluding carboxylic acids is 3. The second-order valence-electron chi connectivity index (χ2n) is 8.74. The first-order valence-corrected chi connectivity index (χ1v) is 14.2. The van der Waals surface area contributed by atoms with Crippen LogP contribution < -0.4 is 20.7 Å². The van der Waals surface area contributed by atoms with Gasteiger partial charge in [-0.3, -0.25) is 14.4 Å². The van der Waals surface area contributed by atoms with E-state index in [1.165, 1.54) is 25.3 Å². The lowest BCUT2D eigenvalue weighted by Gasteiger charge is -2.12. The molecule has 14 heteroatoms. The first kappa shape index (κ1) is 27.4. The number of halogens is 1. The molecule has 0 aliphatic heterocycles. The molecule has 0 spiro atoms. The van der Waals surface area contributed by atoms with Crippen molar-refractivity contribution in [1.82, 2.24) is 15.6 Å². The Kier molecular flexibility index (Phi) is 7.94. The molecule has 1 aromatic heterocycles. The molecule has 4 rings (SSSR count). The Morgan fingerprint density at radius 2 is 1.95 bits per heavy atom. The minimum atomic E-state index is -3.98. The van der Waals surface area contributed by atoms with E-state index in [4.69, 9.17) is 9.84 Å². The van der Waals surface area contributed by atoms with Crippen molar-refractivity contribution in [2.45, 2.75) is 24.1 Å². The number of fused-ring (bicyclic) bond motifs is 1. The molecule has 1 unspecified atom stereocenters. The summed E-state index contributed by atoms with van der Waals surface area (Å²) in [7, 11) is -2.61. The molecule has 3 aromatic rings. The smallest absolute Gasteiger partial charge is 0.250 e. The number of anilines is 1. The number of carbonyl (C=O) groups is 3. The quantitative estimate of drug-likeness (QED) is 0.288. The van der Waals surface area contributed by atoms with E-state index in [-0.39, 0.29) is 40.1 Å². The molecule has 202 valence electrons. The van der Waals surface area contributed by atoms with Crippen molar-refractivity contribution in [3.05, 3.63) is 41.2 Å². The lowest BCUT2D eigenvalue weighted by atomic mass is 10.0. The summed E-state index contributed by atoms with van der Waals surface area (Å²) in [5.41, 5.74) is 1.00. The number of nitrogens with zero attached hydrogens (tertiary/aromatic N) is 1. The monoisotopic (exact) mass is 564 g/mol. The molecule has 1 aliphatic carbocycles. The van der Waals surface area contributed by atoms with E-state index in [1.54, 1.807) is 6.07 Å². The Morgan fingerprint density at radius 3 is 2.58 bits per heavy atom. The van der Waals surface area contributed by atoms with Gasteiger partial charge in [-0.1, -0.05) is 6.07 Å². The lowest BCUT2D eigenvalue weighted by molar-refractivity contribution is -0.126. The van der Waals surface area contributed by atoms with Gasteiger partial charge in [0.05, 0.1) is 29.6 Å². The van der Waals surface area contributed by atoms with Crippen molar-refractivity contribution in [3.63, 3.8) is 0 Å². The zero-order valence-electron chi connectivity index (χ0n) is 20.4. The minimum absolute atomic E-state index is 0.0567. The Labute approximate surface area is 221 Å². The van der Waals surface area contributed by atoms with Gasteiger partial charge in [-0.2, -0.15) is 0 Å². The summed E-state index contributed by atoms with van der Waals surface area (Å²) in [5.74, 6) is -2.38. The van der Waals surface area contributed by atoms with Crippen molar-refractivity contribution in [2.24, 2.45) is 0 Å². The summed E-state index contributed by atoms with van der Waals surface area (Å²) >= 11 is 0.923. The third-order valence-electron chi connectivity index (χ3n) is 5.68. The predicted octanol–water partition coefficient (Wildman–Crippen LogP) is 1.52. The number of aliphatic hydroxyl groups excluding tert-OH is 1. The van der Waals surface area contributed by atoms with Crippen molar-refractivity contribution >= 4 is 54.8 Å². The third kappa shape index (κ3) is 6.26. The van der Waals surface area contributed by atoms with E-state index in [0.717, 1.165) is 36.5 Å². The zero-order valence-corrected chi connectivity index (χ0v) is 22.0. The van der Waals surface area contributed by atoms with Crippen LogP contribution in [0.1, 0.15) is 23.1 Å². The number of ether oxygens (including phenoxy) is 1. The molecule has 3 amide bonds. The number of methoxy groups -OCH3 is 1. The number of aliphatic hydroxyl groups is 1. The summed E-state index contributed by atoms with van der Waals surface area (Å²) in [5, 5.41) is 14.7. The number of aromatic nitrogens is 1. The van der Waals surface area contributed by atoms with Crippen LogP contribution in [0.15, 0.2) is 30.3 Å². The van der Waals surface area contributed by atoms with E-state index in [9.17, 15) is 22.8 Å². The maximum Gasteiger partial charge on any atom is 0.250 e. The summed E-state index contributed by atoms with van der Waals surface area (Å²) in [6.07, 6.45) is 2.63. The highest BCUT2D eigenvalue weighted by atomic mass is 32.2. The topological polar surface area (TPSA) is 164 Å². The van der Waals surface area contributed by atoms with Crippen LogP contribution in [-0.4, -0.2) is 68.8 Å². The fraction of sp³-hybridized carbons (Fsp3) is 0.333. The van der Waals surface area contributed by atoms with Gasteiger partial charge in [0, 0.05) is 23.9 Å². The first-order chi connectivity index (χ1) is 18.0. The van der Waals surface area contributed by atoms with E-state index in [2.05, 4.69) is 20.9 Å². The normalized spacial score (nSPS) is 14.1. The number of sulfone groups is 1. The number of nitrogens with one attached hydrogen (secondary N) is 3. The maximum atomic E-state index is 15.1. The SMILES string of the molecule is COc1cc(-c2cc3sc(C(C(=O)NCC(=O)NC4CC4)S(C)(=O)=O)nc3cc2F)ccc1NC(=O)CO. The molecular formula is C24H25FN4O7S2. The van der Waals surface area contributed by atoms with E-state index in [1.807, 2.05) is 0 Å². The van der Waals surface area contributed by atoms with Crippen LogP contribution in [0.25, 0.3) is 21.3 Å². The molecule has 1 saturated carbocycles. The summed E-state index contributed by atoms with van der Waals surface area (Å²) < 4.78 is 45.8. The van der Waals surface area contributed by atoms with E-state index in [0.29, 0.717) is 10.3 Å². The van der Waals surface area contributed by atoms with Crippen molar-refractivity contribution < 1.29 is 37.0 Å². The molecule has 38 heavy (non-hydrogen) atoms. The van der Waals surface area contributed by atoms with Gasteiger partial charge in [0.25, 0.3) is 0 Å². The molecule has 0 saturated heterocycles. The largest absolute Gasteiger partial charge is 0.495 e. The molecular weight excluding hydrogens is 539 g/mol. The minimum Gasteiger partial charge on any atom is -0.495 e. The third-order valence-corrected chi connectivity index (χ3v) is 8.21. The molecule has 2 aromatic carbocycles. The van der Waals surface area contributed by atoms with Crippen LogP contribution in [-0.2, 0) is 24.2 Å². The molecule has 1 fully saturated rings. The average molecular weight is 565 g/mol. The Morgan fingerprint density at radius 1 is 1.21 bits per heavy atom. The Balaban J connectivity index is 1.63. The number of benzene rings is 2. The second-order valence-corrected chi connectivity index (χ2v) is 11.9. The number of hydrogen-bond donors (Lipinski definition) is 4. The second kappa shape index (κ2) is 11.0. The summed E-state index contributed by atoms with van der Waals surface area (Å²) in [4.78, 5) is 40.5. The molecule has 0 radical (unpaired) electrons. The van der Waals surface area contributed by atoms with Gasteiger partial charge in [-0.15, -0.1) is 11.3 Å². The number of thiazole rings is 1. The van der Waals surface area contributed by atoms with E-state index >= 15 is 4.39 Å². The van der Waals surface area contributed by atoms with Crippen molar-refractivity contribution in [1.29, 1.82) is 0 Å². The van der Waals surface area contributed by atoms with Crippen LogP contribution in [0.2, 0.25) is 0 Å². The predicted molar refractivity (Wildman–Crippen MR) is 139 cm³/mol. The van der Waals surface area contributed by atoms with Gasteiger partial charge in [0.1, 0.15) is 23.2 Å². The Bertz CT molecular complexity index is 1520. The van der Waals surface area contributed by atoms with Gasteiger partial charge in [-0.05, 0) is 36.6 Å². The van der Waals surface area contributed by atoms with Crippen LogP contribution >= 0.6 is 11.3 Å². The van der Waals surface area contributed by atoms with Crippen LogP contribution in [0.3, 0.4) is 0 Å². The average Bonchev–Trinajstić information content (AvgIpc) is 3.58. The standard InChI is InChI=1S/C24H25FN4O7S2/c1-36-18-7-12(3-6-16(18)28-21(32)11-30)14-8-19-17(9-15(14)25)29-24(37-19)22(38(2,34)35)23(33)26-10-20(31)27-13-4-5-13/h3,6-9,13,22,30H,4-5,10-11H2,1-2H3,(H,26,33)(H,27,31)(H,28,32). The Hall–Kier alpha value is -3.62.